The third-order valence-corrected chi connectivity index (χ3v) is 3.96. The summed E-state index contributed by atoms with van der Waals surface area (Å²) in [5.41, 5.74) is 0.634. The molecule has 5 heteroatoms. The average Bonchev–Trinajstić information content (AvgIpc) is 2.40. The van der Waals surface area contributed by atoms with Crippen molar-refractivity contribution in [3.8, 4) is 5.75 Å². The van der Waals surface area contributed by atoms with Gasteiger partial charge in [-0.2, -0.15) is 0 Å². The summed E-state index contributed by atoms with van der Waals surface area (Å²) in [5.74, 6) is -0.763. The molecule has 0 amide bonds. The average molecular weight is 278 g/mol. The smallest absolute Gasteiger partial charge is 0.325 e. The van der Waals surface area contributed by atoms with E-state index in [1.54, 1.807) is 18.2 Å². The number of hydrogen-bond donors (Lipinski definition) is 2. The molecule has 0 saturated carbocycles. The first-order valence-electron chi connectivity index (χ1n) is 7.02. The highest BCUT2D eigenvalue weighted by molar-refractivity contribution is 5.75. The molecule has 0 radical (unpaired) electrons. The molecule has 5 nitrogen and oxygen atoms in total. The molecule has 0 spiro atoms. The maximum Gasteiger partial charge on any atom is 0.325 e. The molecule has 2 rings (SSSR count). The Kier molecular flexibility index (Phi) is 4.62. The standard InChI is InChI=1S/C15H22N2O3/c1-3-16-7-8-17(11(2)10-16)14(15(19)20)12-5-4-6-13(18)9-12/h4-6,9,11,14,18H,3,7-8,10H2,1-2H3,(H,19,20). The Morgan fingerprint density at radius 3 is 2.75 bits per heavy atom. The monoisotopic (exact) mass is 278 g/mol. The third kappa shape index (κ3) is 3.11. The first-order valence-corrected chi connectivity index (χ1v) is 7.02. The van der Waals surface area contributed by atoms with E-state index in [4.69, 9.17) is 0 Å². The lowest BCUT2D eigenvalue weighted by Gasteiger charge is -2.42. The number of likely N-dealkylation sites (N-methyl/N-ethyl adjacent to an activating group) is 1. The van der Waals surface area contributed by atoms with E-state index in [2.05, 4.69) is 18.7 Å². The number of aromatic hydroxyl groups is 1. The van der Waals surface area contributed by atoms with Crippen molar-refractivity contribution in [2.24, 2.45) is 0 Å². The van der Waals surface area contributed by atoms with Crippen LogP contribution in [0.1, 0.15) is 25.5 Å². The van der Waals surface area contributed by atoms with Crippen LogP contribution in [0.5, 0.6) is 5.75 Å². The minimum Gasteiger partial charge on any atom is -0.508 e. The Morgan fingerprint density at radius 1 is 1.45 bits per heavy atom. The lowest BCUT2D eigenvalue weighted by Crippen LogP contribution is -2.54. The minimum absolute atomic E-state index is 0.105. The van der Waals surface area contributed by atoms with Gasteiger partial charge in [0.15, 0.2) is 0 Å². The molecule has 0 aromatic heterocycles. The molecule has 1 aromatic rings. The van der Waals surface area contributed by atoms with E-state index in [0.717, 1.165) is 26.2 Å². The van der Waals surface area contributed by atoms with Crippen LogP contribution in [-0.2, 0) is 4.79 Å². The van der Waals surface area contributed by atoms with Gasteiger partial charge in [0.2, 0.25) is 0 Å². The zero-order chi connectivity index (χ0) is 14.7. The predicted octanol–water partition coefficient (Wildman–Crippen LogP) is 1.54. The number of phenolic OH excluding ortho intramolecular Hbond substituents is 1. The molecule has 0 bridgehead atoms. The molecule has 1 aliphatic heterocycles. The first-order chi connectivity index (χ1) is 9.52. The van der Waals surface area contributed by atoms with Gasteiger partial charge in [0.1, 0.15) is 11.8 Å². The van der Waals surface area contributed by atoms with Gasteiger partial charge < -0.3 is 15.1 Å². The minimum atomic E-state index is -0.868. The zero-order valence-electron chi connectivity index (χ0n) is 12.0. The van der Waals surface area contributed by atoms with Gasteiger partial charge in [-0.05, 0) is 31.2 Å². The first kappa shape index (κ1) is 14.8. The molecule has 1 aliphatic rings. The van der Waals surface area contributed by atoms with Crippen molar-refractivity contribution in [1.82, 2.24) is 9.80 Å². The Bertz CT molecular complexity index is 478. The quantitative estimate of drug-likeness (QED) is 0.875. The number of nitrogens with zero attached hydrogens (tertiary/aromatic N) is 2. The molecular formula is C15H22N2O3. The molecule has 1 saturated heterocycles. The van der Waals surface area contributed by atoms with E-state index in [1.807, 2.05) is 4.90 Å². The number of hydrogen-bond acceptors (Lipinski definition) is 4. The number of carboxylic acid groups (broad SMARTS) is 1. The van der Waals surface area contributed by atoms with Gasteiger partial charge in [-0.25, -0.2) is 0 Å². The van der Waals surface area contributed by atoms with E-state index in [0.29, 0.717) is 5.56 Å². The van der Waals surface area contributed by atoms with Gasteiger partial charge in [0.05, 0.1) is 0 Å². The van der Waals surface area contributed by atoms with E-state index < -0.39 is 12.0 Å². The highest BCUT2D eigenvalue weighted by Crippen LogP contribution is 2.27. The van der Waals surface area contributed by atoms with Crippen LogP contribution >= 0.6 is 0 Å². The summed E-state index contributed by atoms with van der Waals surface area (Å²) in [6.07, 6.45) is 0. The fourth-order valence-electron chi connectivity index (χ4n) is 2.89. The van der Waals surface area contributed by atoms with Crippen LogP contribution in [-0.4, -0.2) is 58.2 Å². The molecule has 1 heterocycles. The molecule has 2 N–H and O–H groups in total. The van der Waals surface area contributed by atoms with Gasteiger partial charge in [-0.1, -0.05) is 19.1 Å². The molecule has 1 fully saturated rings. The summed E-state index contributed by atoms with van der Waals surface area (Å²) < 4.78 is 0. The Balaban J connectivity index is 2.23. The highest BCUT2D eigenvalue weighted by Gasteiger charge is 2.34. The Morgan fingerprint density at radius 2 is 2.20 bits per heavy atom. The number of carbonyl (C=O) groups is 1. The van der Waals surface area contributed by atoms with Crippen molar-refractivity contribution in [1.29, 1.82) is 0 Å². The normalized spacial score (nSPS) is 22.6. The van der Waals surface area contributed by atoms with E-state index in [9.17, 15) is 15.0 Å². The lowest BCUT2D eigenvalue weighted by atomic mass is 10.0. The number of piperazine rings is 1. The van der Waals surface area contributed by atoms with Crippen molar-refractivity contribution in [2.45, 2.75) is 25.9 Å². The second-order valence-corrected chi connectivity index (χ2v) is 5.32. The molecule has 20 heavy (non-hydrogen) atoms. The van der Waals surface area contributed by atoms with Crippen molar-refractivity contribution in [3.05, 3.63) is 29.8 Å². The van der Waals surface area contributed by atoms with Crippen LogP contribution in [0.15, 0.2) is 24.3 Å². The van der Waals surface area contributed by atoms with Crippen LogP contribution in [0.25, 0.3) is 0 Å². The molecule has 1 aromatic carbocycles. The fraction of sp³-hybridized carbons (Fsp3) is 0.533. The molecular weight excluding hydrogens is 256 g/mol. The van der Waals surface area contributed by atoms with Crippen LogP contribution in [0.2, 0.25) is 0 Å². The largest absolute Gasteiger partial charge is 0.508 e. The Labute approximate surface area is 119 Å². The number of phenols is 1. The Hall–Kier alpha value is -1.59. The van der Waals surface area contributed by atoms with Gasteiger partial charge in [-0.3, -0.25) is 9.69 Å². The van der Waals surface area contributed by atoms with E-state index in [1.165, 1.54) is 6.07 Å². The fourth-order valence-corrected chi connectivity index (χ4v) is 2.89. The summed E-state index contributed by atoms with van der Waals surface area (Å²) in [6.45, 7) is 7.64. The van der Waals surface area contributed by atoms with Crippen LogP contribution in [0.4, 0.5) is 0 Å². The second kappa shape index (κ2) is 6.24. The van der Waals surface area contributed by atoms with Gasteiger partial charge in [-0.15, -0.1) is 0 Å². The summed E-state index contributed by atoms with van der Waals surface area (Å²) in [7, 11) is 0. The van der Waals surface area contributed by atoms with Crippen molar-refractivity contribution < 1.29 is 15.0 Å². The molecule has 2 unspecified atom stereocenters. The SMILES string of the molecule is CCN1CCN(C(C(=O)O)c2cccc(O)c2)C(C)C1. The molecule has 0 aliphatic carbocycles. The number of aliphatic carboxylic acids is 1. The van der Waals surface area contributed by atoms with Crippen LogP contribution < -0.4 is 0 Å². The highest BCUT2D eigenvalue weighted by atomic mass is 16.4. The summed E-state index contributed by atoms with van der Waals surface area (Å²) >= 11 is 0. The van der Waals surface area contributed by atoms with Crippen LogP contribution in [0.3, 0.4) is 0 Å². The zero-order valence-corrected chi connectivity index (χ0v) is 12.0. The second-order valence-electron chi connectivity index (χ2n) is 5.32. The maximum atomic E-state index is 11.7. The maximum absolute atomic E-state index is 11.7. The molecule has 110 valence electrons. The van der Waals surface area contributed by atoms with Crippen molar-refractivity contribution in [3.63, 3.8) is 0 Å². The summed E-state index contributed by atoms with van der Waals surface area (Å²) in [4.78, 5) is 16.0. The van der Waals surface area contributed by atoms with Crippen LogP contribution in [0, 0.1) is 0 Å². The van der Waals surface area contributed by atoms with Crippen molar-refractivity contribution in [2.75, 3.05) is 26.2 Å². The molecule has 2 atom stereocenters. The number of carboxylic acids is 1. The predicted molar refractivity (Wildman–Crippen MR) is 76.8 cm³/mol. The van der Waals surface area contributed by atoms with Gasteiger partial charge in [0.25, 0.3) is 0 Å². The lowest BCUT2D eigenvalue weighted by molar-refractivity contribution is -0.145. The van der Waals surface area contributed by atoms with Gasteiger partial charge in [0, 0.05) is 25.7 Å². The van der Waals surface area contributed by atoms with E-state index >= 15 is 0 Å². The summed E-state index contributed by atoms with van der Waals surface area (Å²) in [5, 5.41) is 19.1. The summed E-state index contributed by atoms with van der Waals surface area (Å²) in [6, 6.07) is 6.02. The van der Waals surface area contributed by atoms with Gasteiger partial charge >= 0.3 is 5.97 Å². The number of rotatable bonds is 4. The third-order valence-electron chi connectivity index (χ3n) is 3.96. The van der Waals surface area contributed by atoms with E-state index in [-0.39, 0.29) is 11.8 Å². The number of benzene rings is 1. The topological polar surface area (TPSA) is 64.0 Å². The van der Waals surface area contributed by atoms with Crippen molar-refractivity contribution >= 4 is 5.97 Å².